The molecular weight excluding hydrogens is 408 g/mol. The summed E-state index contributed by atoms with van der Waals surface area (Å²) in [6.07, 6.45) is 8.75. The molecule has 1 N–H and O–H groups in total. The monoisotopic (exact) mass is 446 g/mol. The molecule has 0 radical (unpaired) electrons. The lowest BCUT2D eigenvalue weighted by atomic mass is 9.90. The van der Waals surface area contributed by atoms with Gasteiger partial charge in [-0.25, -0.2) is 4.68 Å². The number of aryl methyl sites for hydroxylation is 1. The second kappa shape index (κ2) is 11.5. The molecule has 1 saturated heterocycles. The van der Waals surface area contributed by atoms with Gasteiger partial charge in [0.25, 0.3) is 0 Å². The fourth-order valence-corrected chi connectivity index (χ4v) is 5.07. The van der Waals surface area contributed by atoms with Gasteiger partial charge in [-0.15, -0.1) is 5.10 Å². The predicted octanol–water partition coefficient (Wildman–Crippen LogP) is 2.44. The molecule has 2 unspecified atom stereocenters. The van der Waals surface area contributed by atoms with Gasteiger partial charge in [-0.3, -0.25) is 9.59 Å². The number of likely N-dealkylation sites (tertiary alicyclic amines) is 1. The van der Waals surface area contributed by atoms with Gasteiger partial charge >= 0.3 is 5.97 Å². The second-order valence-corrected chi connectivity index (χ2v) is 9.09. The SMILES string of the molecule is C=CC(=O)N1CCC(CNC2(c3nnnn3CCCC(=O)OCC)CCC(CC)C2)CC1. The molecule has 9 nitrogen and oxygen atoms in total. The van der Waals surface area contributed by atoms with Gasteiger partial charge in [-0.1, -0.05) is 19.9 Å². The summed E-state index contributed by atoms with van der Waals surface area (Å²) in [4.78, 5) is 25.4. The Bertz CT molecular complexity index is 774. The van der Waals surface area contributed by atoms with Crippen LogP contribution in [0.3, 0.4) is 0 Å². The molecule has 0 spiro atoms. The Morgan fingerprint density at radius 2 is 2.03 bits per heavy atom. The van der Waals surface area contributed by atoms with Crippen LogP contribution in [0.15, 0.2) is 12.7 Å². The van der Waals surface area contributed by atoms with Crippen LogP contribution < -0.4 is 5.32 Å². The van der Waals surface area contributed by atoms with Crippen LogP contribution in [-0.4, -0.2) is 63.2 Å². The maximum absolute atomic E-state index is 11.9. The van der Waals surface area contributed by atoms with Crippen LogP contribution in [0.1, 0.15) is 71.0 Å². The van der Waals surface area contributed by atoms with Crippen LogP contribution in [-0.2, 0) is 26.4 Å². The molecule has 178 valence electrons. The van der Waals surface area contributed by atoms with Crippen molar-refractivity contribution in [1.82, 2.24) is 30.4 Å². The van der Waals surface area contributed by atoms with Crippen LogP contribution >= 0.6 is 0 Å². The number of nitrogens with zero attached hydrogens (tertiary/aromatic N) is 5. The summed E-state index contributed by atoms with van der Waals surface area (Å²) in [5.41, 5.74) is -0.234. The zero-order valence-electron chi connectivity index (χ0n) is 19.6. The van der Waals surface area contributed by atoms with E-state index in [9.17, 15) is 9.59 Å². The number of carbonyl (C=O) groups is 2. The first-order valence-electron chi connectivity index (χ1n) is 12.1. The summed E-state index contributed by atoms with van der Waals surface area (Å²) in [7, 11) is 0. The highest BCUT2D eigenvalue weighted by molar-refractivity contribution is 5.87. The molecule has 1 aliphatic heterocycles. The highest BCUT2D eigenvalue weighted by Gasteiger charge is 2.44. The number of rotatable bonds is 11. The van der Waals surface area contributed by atoms with E-state index in [4.69, 9.17) is 4.74 Å². The predicted molar refractivity (Wildman–Crippen MR) is 120 cm³/mol. The third kappa shape index (κ3) is 5.94. The van der Waals surface area contributed by atoms with E-state index in [1.54, 1.807) is 0 Å². The van der Waals surface area contributed by atoms with Crippen molar-refractivity contribution < 1.29 is 14.3 Å². The summed E-state index contributed by atoms with van der Waals surface area (Å²) in [6, 6.07) is 0. The average Bonchev–Trinajstić information content (AvgIpc) is 3.45. The minimum Gasteiger partial charge on any atom is -0.466 e. The van der Waals surface area contributed by atoms with E-state index in [1.807, 2.05) is 16.5 Å². The van der Waals surface area contributed by atoms with Gasteiger partial charge < -0.3 is 15.0 Å². The van der Waals surface area contributed by atoms with Gasteiger partial charge in [-0.2, -0.15) is 0 Å². The molecule has 2 heterocycles. The molecule has 0 bridgehead atoms. The standard InChI is InChI=1S/C23H38N6O3/c1-4-18-9-12-23(16-18,24-17-19-10-14-28(15-11-19)20(30)5-2)22-25-26-27-29(22)13-7-8-21(31)32-6-3/h5,18-19,24H,2,4,6-17H2,1,3H3. The van der Waals surface area contributed by atoms with Crippen LogP contribution in [0.25, 0.3) is 0 Å². The minimum atomic E-state index is -0.234. The molecule has 1 aromatic rings. The molecule has 32 heavy (non-hydrogen) atoms. The molecule has 1 amide bonds. The Hall–Kier alpha value is -2.29. The van der Waals surface area contributed by atoms with E-state index in [-0.39, 0.29) is 17.4 Å². The number of nitrogens with one attached hydrogen (secondary N) is 1. The fraction of sp³-hybridized carbons (Fsp3) is 0.783. The summed E-state index contributed by atoms with van der Waals surface area (Å²) >= 11 is 0. The van der Waals surface area contributed by atoms with Crippen molar-refractivity contribution in [3.05, 3.63) is 18.5 Å². The van der Waals surface area contributed by atoms with Crippen LogP contribution in [0.4, 0.5) is 0 Å². The summed E-state index contributed by atoms with van der Waals surface area (Å²) in [6.45, 7) is 11.1. The van der Waals surface area contributed by atoms with Gasteiger partial charge in [0.05, 0.1) is 12.1 Å². The van der Waals surface area contributed by atoms with E-state index < -0.39 is 0 Å². The first-order valence-corrected chi connectivity index (χ1v) is 12.1. The Morgan fingerprint density at radius 1 is 1.25 bits per heavy atom. The molecule has 9 heteroatoms. The lowest BCUT2D eigenvalue weighted by molar-refractivity contribution is -0.143. The topological polar surface area (TPSA) is 102 Å². The molecule has 1 aliphatic carbocycles. The zero-order valence-corrected chi connectivity index (χ0v) is 19.6. The maximum Gasteiger partial charge on any atom is 0.305 e. The smallest absolute Gasteiger partial charge is 0.305 e. The Morgan fingerprint density at radius 3 is 2.69 bits per heavy atom. The summed E-state index contributed by atoms with van der Waals surface area (Å²) in [5, 5.41) is 16.5. The van der Waals surface area contributed by atoms with E-state index in [2.05, 4.69) is 34.3 Å². The highest BCUT2D eigenvalue weighted by Crippen LogP contribution is 2.42. The van der Waals surface area contributed by atoms with Gasteiger partial charge in [0.2, 0.25) is 5.91 Å². The third-order valence-electron chi connectivity index (χ3n) is 7.04. The number of hydrogen-bond acceptors (Lipinski definition) is 7. The molecule has 0 aromatic carbocycles. The molecule has 2 aliphatic rings. The number of esters is 1. The van der Waals surface area contributed by atoms with Crippen LogP contribution in [0.5, 0.6) is 0 Å². The van der Waals surface area contributed by atoms with Crippen LogP contribution in [0, 0.1) is 11.8 Å². The highest BCUT2D eigenvalue weighted by atomic mass is 16.5. The molecular formula is C23H38N6O3. The number of tetrazole rings is 1. The first-order chi connectivity index (χ1) is 15.5. The van der Waals surface area contributed by atoms with E-state index in [1.165, 1.54) is 6.08 Å². The van der Waals surface area contributed by atoms with Gasteiger partial charge in [0.1, 0.15) is 0 Å². The fourth-order valence-electron chi connectivity index (χ4n) is 5.07. The number of ether oxygens (including phenoxy) is 1. The first kappa shape index (κ1) is 24.4. The van der Waals surface area contributed by atoms with Crippen molar-refractivity contribution in [3.8, 4) is 0 Å². The molecule has 3 rings (SSSR count). The molecule has 1 saturated carbocycles. The van der Waals surface area contributed by atoms with Crippen molar-refractivity contribution in [2.45, 2.75) is 77.3 Å². The Kier molecular flexibility index (Phi) is 8.78. The summed E-state index contributed by atoms with van der Waals surface area (Å²) < 4.78 is 6.90. The van der Waals surface area contributed by atoms with Crippen molar-refractivity contribution >= 4 is 11.9 Å². The lowest BCUT2D eigenvalue weighted by Crippen LogP contribution is -2.47. The zero-order chi connectivity index (χ0) is 23.0. The van der Waals surface area contributed by atoms with Crippen molar-refractivity contribution in [2.75, 3.05) is 26.2 Å². The largest absolute Gasteiger partial charge is 0.466 e. The van der Waals surface area contributed by atoms with E-state index in [0.717, 1.165) is 64.0 Å². The number of carbonyl (C=O) groups excluding carboxylic acids is 2. The number of hydrogen-bond donors (Lipinski definition) is 1. The van der Waals surface area contributed by atoms with Crippen molar-refractivity contribution in [3.63, 3.8) is 0 Å². The Labute approximate surface area is 190 Å². The lowest BCUT2D eigenvalue weighted by Gasteiger charge is -2.35. The molecule has 2 atom stereocenters. The summed E-state index contributed by atoms with van der Waals surface area (Å²) in [5.74, 6) is 1.91. The van der Waals surface area contributed by atoms with Crippen molar-refractivity contribution in [1.29, 1.82) is 0 Å². The number of piperidine rings is 1. The second-order valence-electron chi connectivity index (χ2n) is 9.09. The number of amides is 1. The maximum atomic E-state index is 11.9. The van der Waals surface area contributed by atoms with Crippen LogP contribution in [0.2, 0.25) is 0 Å². The van der Waals surface area contributed by atoms with Gasteiger partial charge in [0.15, 0.2) is 5.82 Å². The molecule has 1 aromatic heterocycles. The third-order valence-corrected chi connectivity index (χ3v) is 7.04. The molecule has 2 fully saturated rings. The normalized spacial score (nSPS) is 23.9. The average molecular weight is 447 g/mol. The van der Waals surface area contributed by atoms with Gasteiger partial charge in [-0.05, 0) is 80.3 Å². The number of aromatic nitrogens is 4. The minimum absolute atomic E-state index is 0.0245. The Balaban J connectivity index is 1.63. The van der Waals surface area contributed by atoms with Gasteiger partial charge in [0, 0.05) is 26.1 Å². The van der Waals surface area contributed by atoms with E-state index in [0.29, 0.717) is 37.8 Å². The van der Waals surface area contributed by atoms with E-state index >= 15 is 0 Å². The quantitative estimate of drug-likeness (QED) is 0.411. The van der Waals surface area contributed by atoms with Crippen molar-refractivity contribution in [2.24, 2.45) is 11.8 Å².